The van der Waals surface area contributed by atoms with Crippen LogP contribution < -0.4 is 0 Å². The van der Waals surface area contributed by atoms with E-state index < -0.39 is 23.5 Å². The van der Waals surface area contributed by atoms with Crippen molar-refractivity contribution >= 4 is 5.91 Å². The standard InChI is InChI=1S/C23H19F4N3O2/c24-19-6-5-15(31)9-17(19)21(32)29-12-22(13-29)10-14(11-22)30-20(7-8-28-30)16-3-1-2-4-18(16)23(25,26)27/h1-9,14,31H,10-13H2. The van der Waals surface area contributed by atoms with E-state index in [1.165, 1.54) is 29.3 Å². The first-order valence-corrected chi connectivity index (χ1v) is 10.1. The molecule has 2 aliphatic rings. The van der Waals surface area contributed by atoms with Crippen molar-refractivity contribution in [2.75, 3.05) is 13.1 Å². The van der Waals surface area contributed by atoms with Gasteiger partial charge in [0.25, 0.3) is 5.91 Å². The van der Waals surface area contributed by atoms with Crippen LogP contribution in [-0.4, -0.2) is 38.8 Å². The highest BCUT2D eigenvalue weighted by molar-refractivity contribution is 5.95. The SMILES string of the molecule is O=C(c1cc(O)ccc1F)N1CC2(CC(n3nccc3-c3ccccc3C(F)(F)F)C2)C1. The molecule has 1 aromatic heterocycles. The lowest BCUT2D eigenvalue weighted by Gasteiger charge is -2.59. The van der Waals surface area contributed by atoms with Crippen LogP contribution in [0.2, 0.25) is 0 Å². The smallest absolute Gasteiger partial charge is 0.417 e. The maximum absolute atomic E-state index is 13.9. The van der Waals surface area contributed by atoms with Crippen molar-refractivity contribution in [3.05, 3.63) is 71.7 Å². The van der Waals surface area contributed by atoms with Gasteiger partial charge in [-0.1, -0.05) is 18.2 Å². The summed E-state index contributed by atoms with van der Waals surface area (Å²) in [5.74, 6) is -1.35. The molecule has 0 radical (unpaired) electrons. The summed E-state index contributed by atoms with van der Waals surface area (Å²) in [5, 5.41) is 13.8. The molecule has 1 saturated heterocycles. The molecule has 1 N–H and O–H groups in total. The first-order chi connectivity index (χ1) is 15.2. The minimum absolute atomic E-state index is 0.0731. The fourth-order valence-corrected chi connectivity index (χ4v) is 4.90. The molecule has 166 valence electrons. The van der Waals surface area contributed by atoms with Crippen LogP contribution in [0.4, 0.5) is 17.6 Å². The van der Waals surface area contributed by atoms with Crippen LogP contribution in [0.25, 0.3) is 11.3 Å². The molecule has 5 rings (SSSR count). The fourth-order valence-electron chi connectivity index (χ4n) is 4.90. The largest absolute Gasteiger partial charge is 0.508 e. The topological polar surface area (TPSA) is 58.4 Å². The summed E-state index contributed by atoms with van der Waals surface area (Å²) < 4.78 is 56.0. The van der Waals surface area contributed by atoms with Crippen molar-refractivity contribution in [3.8, 4) is 17.0 Å². The molecule has 3 aromatic rings. The molecule has 2 heterocycles. The lowest BCUT2D eigenvalue weighted by atomic mass is 9.60. The second-order valence-corrected chi connectivity index (χ2v) is 8.59. The van der Waals surface area contributed by atoms with E-state index in [1.54, 1.807) is 16.8 Å². The Kier molecular flexibility index (Phi) is 4.54. The van der Waals surface area contributed by atoms with Gasteiger partial charge < -0.3 is 10.0 Å². The molecule has 2 aromatic carbocycles. The number of phenols is 1. The van der Waals surface area contributed by atoms with Crippen LogP contribution in [0.3, 0.4) is 0 Å². The van der Waals surface area contributed by atoms with E-state index in [-0.39, 0.29) is 28.3 Å². The fraction of sp³-hybridized carbons (Fsp3) is 0.304. The van der Waals surface area contributed by atoms with Gasteiger partial charge in [-0.15, -0.1) is 0 Å². The Morgan fingerprint density at radius 3 is 2.53 bits per heavy atom. The molecular weight excluding hydrogens is 426 g/mol. The number of carbonyl (C=O) groups is 1. The molecule has 0 bridgehead atoms. The highest BCUT2D eigenvalue weighted by Crippen LogP contribution is 2.55. The molecule has 5 nitrogen and oxygen atoms in total. The van der Waals surface area contributed by atoms with Crippen molar-refractivity contribution in [1.82, 2.24) is 14.7 Å². The third-order valence-corrected chi connectivity index (χ3v) is 6.38. The molecule has 1 amide bonds. The van der Waals surface area contributed by atoms with E-state index >= 15 is 0 Å². The van der Waals surface area contributed by atoms with Gasteiger partial charge in [-0.3, -0.25) is 9.48 Å². The predicted molar refractivity (Wildman–Crippen MR) is 107 cm³/mol. The van der Waals surface area contributed by atoms with E-state index in [9.17, 15) is 27.5 Å². The Morgan fingerprint density at radius 2 is 1.81 bits per heavy atom. The van der Waals surface area contributed by atoms with Crippen molar-refractivity contribution in [3.63, 3.8) is 0 Å². The van der Waals surface area contributed by atoms with Crippen molar-refractivity contribution in [1.29, 1.82) is 0 Å². The lowest BCUT2D eigenvalue weighted by molar-refractivity contribution is -0.137. The van der Waals surface area contributed by atoms with Crippen LogP contribution >= 0.6 is 0 Å². The summed E-state index contributed by atoms with van der Waals surface area (Å²) in [5.41, 5.74) is -0.520. The quantitative estimate of drug-likeness (QED) is 0.584. The number of halogens is 4. The van der Waals surface area contributed by atoms with Gasteiger partial charge in [-0.2, -0.15) is 18.3 Å². The van der Waals surface area contributed by atoms with Gasteiger partial charge in [0.05, 0.1) is 22.9 Å². The number of rotatable bonds is 3. The number of hydrogen-bond acceptors (Lipinski definition) is 3. The molecule has 1 saturated carbocycles. The summed E-state index contributed by atoms with van der Waals surface area (Å²) in [6.45, 7) is 0.875. The van der Waals surface area contributed by atoms with Gasteiger partial charge in [-0.05, 0) is 43.2 Å². The Bertz CT molecular complexity index is 1190. The number of carbonyl (C=O) groups excluding carboxylic acids is 1. The Hall–Kier alpha value is -3.36. The number of aromatic nitrogens is 2. The van der Waals surface area contributed by atoms with E-state index in [4.69, 9.17) is 0 Å². The lowest BCUT2D eigenvalue weighted by Crippen LogP contribution is -2.64. The van der Waals surface area contributed by atoms with Crippen molar-refractivity contribution in [2.24, 2.45) is 5.41 Å². The molecule has 32 heavy (non-hydrogen) atoms. The van der Waals surface area contributed by atoms with Gasteiger partial charge in [-0.25, -0.2) is 4.39 Å². The summed E-state index contributed by atoms with van der Waals surface area (Å²) >= 11 is 0. The minimum atomic E-state index is -4.47. The zero-order valence-electron chi connectivity index (χ0n) is 16.8. The molecule has 1 spiro atoms. The van der Waals surface area contributed by atoms with Crippen LogP contribution in [0.1, 0.15) is 34.8 Å². The molecule has 9 heteroatoms. The Balaban J connectivity index is 1.29. The number of phenolic OH excluding ortho intramolecular Hbond substituents is 1. The Labute approximate surface area is 180 Å². The first-order valence-electron chi connectivity index (χ1n) is 10.1. The van der Waals surface area contributed by atoms with Crippen LogP contribution in [0, 0.1) is 11.2 Å². The molecule has 1 aliphatic heterocycles. The van der Waals surface area contributed by atoms with Gasteiger partial charge in [0, 0.05) is 30.3 Å². The number of hydrogen-bond donors (Lipinski definition) is 1. The maximum atomic E-state index is 13.9. The van der Waals surface area contributed by atoms with Crippen LogP contribution in [0.15, 0.2) is 54.7 Å². The first kappa shape index (κ1) is 20.5. The predicted octanol–water partition coefficient (Wildman–Crippen LogP) is 4.89. The van der Waals surface area contributed by atoms with Gasteiger partial charge >= 0.3 is 6.18 Å². The summed E-state index contributed by atoms with van der Waals surface area (Å²) in [7, 11) is 0. The Morgan fingerprint density at radius 1 is 1.09 bits per heavy atom. The van der Waals surface area contributed by atoms with Crippen LogP contribution in [-0.2, 0) is 6.18 Å². The molecule has 1 aliphatic carbocycles. The third kappa shape index (κ3) is 3.32. The summed E-state index contributed by atoms with van der Waals surface area (Å²) in [6.07, 6.45) is -1.64. The summed E-state index contributed by atoms with van der Waals surface area (Å²) in [4.78, 5) is 14.1. The third-order valence-electron chi connectivity index (χ3n) is 6.38. The van der Waals surface area contributed by atoms with E-state index in [0.29, 0.717) is 31.6 Å². The second-order valence-electron chi connectivity index (χ2n) is 8.59. The number of alkyl halides is 3. The zero-order valence-corrected chi connectivity index (χ0v) is 16.8. The maximum Gasteiger partial charge on any atom is 0.417 e. The normalized spacial score (nSPS) is 17.8. The summed E-state index contributed by atoms with van der Waals surface area (Å²) in [6, 6.07) is 10.3. The number of aromatic hydroxyl groups is 1. The van der Waals surface area contributed by atoms with Crippen molar-refractivity contribution < 1.29 is 27.5 Å². The highest BCUT2D eigenvalue weighted by Gasteiger charge is 2.55. The van der Waals surface area contributed by atoms with E-state index in [0.717, 1.165) is 18.2 Å². The number of amides is 1. The van der Waals surface area contributed by atoms with Gasteiger partial charge in [0.1, 0.15) is 11.6 Å². The minimum Gasteiger partial charge on any atom is -0.508 e. The number of likely N-dealkylation sites (tertiary alicyclic amines) is 1. The highest BCUT2D eigenvalue weighted by atomic mass is 19.4. The second kappa shape index (κ2) is 7.08. The van der Waals surface area contributed by atoms with Crippen LogP contribution in [0.5, 0.6) is 5.75 Å². The zero-order chi connectivity index (χ0) is 22.7. The average Bonchev–Trinajstić information content (AvgIpc) is 3.16. The van der Waals surface area contributed by atoms with Gasteiger partial charge in [0.15, 0.2) is 0 Å². The van der Waals surface area contributed by atoms with Gasteiger partial charge in [0.2, 0.25) is 0 Å². The average molecular weight is 445 g/mol. The molecular formula is C23H19F4N3O2. The van der Waals surface area contributed by atoms with Crippen molar-refractivity contribution in [2.45, 2.75) is 25.1 Å². The monoisotopic (exact) mass is 445 g/mol. The molecule has 0 atom stereocenters. The number of nitrogens with zero attached hydrogens (tertiary/aromatic N) is 3. The van der Waals surface area contributed by atoms with E-state index in [1.807, 2.05) is 0 Å². The molecule has 2 fully saturated rings. The van der Waals surface area contributed by atoms with E-state index in [2.05, 4.69) is 5.10 Å². The number of benzene rings is 2. The molecule has 0 unspecified atom stereocenters.